The SMILES string of the molecule is CCC1(C(=O)O)CCN(Cc2nnnn2C2CC2)CC1. The van der Waals surface area contributed by atoms with Gasteiger partial charge in [-0.3, -0.25) is 9.69 Å². The van der Waals surface area contributed by atoms with Gasteiger partial charge in [0.1, 0.15) is 0 Å². The highest BCUT2D eigenvalue weighted by atomic mass is 16.4. The lowest BCUT2D eigenvalue weighted by Gasteiger charge is -2.38. The van der Waals surface area contributed by atoms with E-state index in [2.05, 4.69) is 20.4 Å². The van der Waals surface area contributed by atoms with Gasteiger partial charge >= 0.3 is 5.97 Å². The first-order valence-corrected chi connectivity index (χ1v) is 7.37. The van der Waals surface area contributed by atoms with Crippen molar-refractivity contribution < 1.29 is 9.90 Å². The second-order valence-corrected chi connectivity index (χ2v) is 5.99. The van der Waals surface area contributed by atoms with Gasteiger partial charge in [-0.25, -0.2) is 4.68 Å². The molecule has 0 spiro atoms. The van der Waals surface area contributed by atoms with E-state index in [1.807, 2.05) is 11.6 Å². The van der Waals surface area contributed by atoms with Gasteiger partial charge in [0.15, 0.2) is 5.82 Å². The third-order valence-electron chi connectivity index (χ3n) is 4.76. The second kappa shape index (κ2) is 5.12. The molecule has 2 fully saturated rings. The summed E-state index contributed by atoms with van der Waals surface area (Å²) in [6.45, 7) is 4.30. The minimum atomic E-state index is -0.650. The number of aromatic nitrogens is 4. The van der Waals surface area contributed by atoms with Crippen molar-refractivity contribution in [3.63, 3.8) is 0 Å². The van der Waals surface area contributed by atoms with Crippen LogP contribution in [0.25, 0.3) is 0 Å². The molecule has 1 saturated heterocycles. The van der Waals surface area contributed by atoms with E-state index in [4.69, 9.17) is 0 Å². The molecule has 0 atom stereocenters. The van der Waals surface area contributed by atoms with Crippen molar-refractivity contribution in [3.8, 4) is 0 Å². The molecule has 1 N–H and O–H groups in total. The Bertz CT molecular complexity index is 489. The number of nitrogens with zero attached hydrogens (tertiary/aromatic N) is 5. The van der Waals surface area contributed by atoms with E-state index in [9.17, 15) is 9.90 Å². The maximum Gasteiger partial charge on any atom is 0.309 e. The van der Waals surface area contributed by atoms with Crippen LogP contribution in [-0.4, -0.2) is 49.3 Å². The maximum atomic E-state index is 11.4. The summed E-state index contributed by atoms with van der Waals surface area (Å²) in [7, 11) is 0. The van der Waals surface area contributed by atoms with E-state index in [1.54, 1.807) is 0 Å². The molecule has 7 nitrogen and oxygen atoms in total. The van der Waals surface area contributed by atoms with E-state index in [-0.39, 0.29) is 0 Å². The van der Waals surface area contributed by atoms with Crippen LogP contribution in [-0.2, 0) is 11.3 Å². The topological polar surface area (TPSA) is 84.1 Å². The summed E-state index contributed by atoms with van der Waals surface area (Å²) in [6, 6.07) is 0.485. The quantitative estimate of drug-likeness (QED) is 0.868. The highest BCUT2D eigenvalue weighted by molar-refractivity contribution is 5.74. The lowest BCUT2D eigenvalue weighted by atomic mass is 9.76. The molecule has 2 heterocycles. The maximum absolute atomic E-state index is 11.4. The summed E-state index contributed by atoms with van der Waals surface area (Å²) in [6.07, 6.45) is 4.45. The Morgan fingerprint density at radius 2 is 2.10 bits per heavy atom. The lowest BCUT2D eigenvalue weighted by Crippen LogP contribution is -2.44. The zero-order valence-electron chi connectivity index (χ0n) is 11.8. The normalized spacial score (nSPS) is 22.9. The summed E-state index contributed by atoms with van der Waals surface area (Å²) < 4.78 is 1.93. The summed E-state index contributed by atoms with van der Waals surface area (Å²) >= 11 is 0. The fraction of sp³-hybridized carbons (Fsp3) is 0.846. The molecule has 1 saturated carbocycles. The van der Waals surface area contributed by atoms with Crippen LogP contribution >= 0.6 is 0 Å². The first kappa shape index (κ1) is 13.5. The molecule has 1 aromatic heterocycles. The Hall–Kier alpha value is -1.50. The fourth-order valence-electron chi connectivity index (χ4n) is 2.98. The minimum absolute atomic E-state index is 0.485. The Labute approximate surface area is 117 Å². The van der Waals surface area contributed by atoms with Crippen molar-refractivity contribution in [1.82, 2.24) is 25.1 Å². The van der Waals surface area contributed by atoms with Crippen molar-refractivity contribution in [2.24, 2.45) is 5.41 Å². The van der Waals surface area contributed by atoms with E-state index < -0.39 is 11.4 Å². The van der Waals surface area contributed by atoms with Crippen LogP contribution in [0.2, 0.25) is 0 Å². The van der Waals surface area contributed by atoms with Crippen LogP contribution in [0.1, 0.15) is 50.9 Å². The predicted molar refractivity (Wildman–Crippen MR) is 71.0 cm³/mol. The molecule has 0 radical (unpaired) electrons. The molecule has 110 valence electrons. The molecule has 0 bridgehead atoms. The Balaban J connectivity index is 1.61. The fourth-order valence-corrected chi connectivity index (χ4v) is 2.98. The zero-order chi connectivity index (χ0) is 14.2. The third kappa shape index (κ3) is 2.42. The Kier molecular flexibility index (Phi) is 3.45. The third-order valence-corrected chi connectivity index (χ3v) is 4.76. The van der Waals surface area contributed by atoms with Gasteiger partial charge in [-0.15, -0.1) is 5.10 Å². The summed E-state index contributed by atoms with van der Waals surface area (Å²) in [5, 5.41) is 21.3. The molecule has 2 aliphatic rings. The number of likely N-dealkylation sites (tertiary alicyclic amines) is 1. The average Bonchev–Trinajstić information content (AvgIpc) is 3.20. The first-order chi connectivity index (χ1) is 9.64. The Morgan fingerprint density at radius 3 is 2.65 bits per heavy atom. The summed E-state index contributed by atoms with van der Waals surface area (Å²) in [5.74, 6) is 0.259. The standard InChI is InChI=1S/C13H21N5O2/c1-2-13(12(19)20)5-7-17(8-6-13)9-11-14-15-16-18(11)10-3-4-10/h10H,2-9H2,1H3,(H,19,20). The van der Waals surface area contributed by atoms with Gasteiger partial charge in [-0.2, -0.15) is 0 Å². The van der Waals surface area contributed by atoms with Gasteiger partial charge < -0.3 is 5.11 Å². The van der Waals surface area contributed by atoms with Crippen LogP contribution in [0.4, 0.5) is 0 Å². The molecular weight excluding hydrogens is 258 g/mol. The van der Waals surface area contributed by atoms with Crippen LogP contribution in [0.5, 0.6) is 0 Å². The van der Waals surface area contributed by atoms with E-state index in [0.717, 1.165) is 38.3 Å². The van der Waals surface area contributed by atoms with Crippen molar-refractivity contribution in [2.75, 3.05) is 13.1 Å². The van der Waals surface area contributed by atoms with E-state index in [0.29, 0.717) is 25.3 Å². The number of carboxylic acids is 1. The van der Waals surface area contributed by atoms with Crippen molar-refractivity contribution in [2.45, 2.75) is 51.6 Å². The van der Waals surface area contributed by atoms with E-state index >= 15 is 0 Å². The van der Waals surface area contributed by atoms with Gasteiger partial charge in [0.2, 0.25) is 0 Å². The van der Waals surface area contributed by atoms with Crippen molar-refractivity contribution >= 4 is 5.97 Å². The molecule has 3 rings (SSSR count). The smallest absolute Gasteiger partial charge is 0.309 e. The van der Waals surface area contributed by atoms with Gasteiger partial charge in [0, 0.05) is 0 Å². The molecule has 0 amide bonds. The molecule has 1 aliphatic heterocycles. The highest BCUT2D eigenvalue weighted by Crippen LogP contribution is 2.37. The largest absolute Gasteiger partial charge is 0.481 e. The lowest BCUT2D eigenvalue weighted by molar-refractivity contribution is -0.152. The molecule has 20 heavy (non-hydrogen) atoms. The highest BCUT2D eigenvalue weighted by Gasteiger charge is 2.40. The molecule has 7 heteroatoms. The molecule has 1 aliphatic carbocycles. The molecule has 1 aromatic rings. The van der Waals surface area contributed by atoms with Gasteiger partial charge in [0.05, 0.1) is 18.0 Å². The van der Waals surface area contributed by atoms with E-state index in [1.165, 1.54) is 0 Å². The number of carboxylic acid groups (broad SMARTS) is 1. The zero-order valence-corrected chi connectivity index (χ0v) is 11.8. The monoisotopic (exact) mass is 279 g/mol. The summed E-state index contributed by atoms with van der Waals surface area (Å²) in [4.78, 5) is 13.7. The minimum Gasteiger partial charge on any atom is -0.481 e. The predicted octanol–water partition coefficient (Wildman–Crippen LogP) is 1.08. The number of piperidine rings is 1. The second-order valence-electron chi connectivity index (χ2n) is 5.99. The van der Waals surface area contributed by atoms with Crippen molar-refractivity contribution in [3.05, 3.63) is 5.82 Å². The number of hydrogen-bond acceptors (Lipinski definition) is 5. The first-order valence-electron chi connectivity index (χ1n) is 7.37. The van der Waals surface area contributed by atoms with Crippen molar-refractivity contribution in [1.29, 1.82) is 0 Å². The number of tetrazole rings is 1. The van der Waals surface area contributed by atoms with Gasteiger partial charge in [0.25, 0.3) is 0 Å². The van der Waals surface area contributed by atoms with Crippen LogP contribution in [0.15, 0.2) is 0 Å². The molecule has 0 aromatic carbocycles. The molecular formula is C13H21N5O2. The van der Waals surface area contributed by atoms with Crippen LogP contribution in [0.3, 0.4) is 0 Å². The van der Waals surface area contributed by atoms with Crippen LogP contribution in [0, 0.1) is 5.41 Å². The summed E-state index contributed by atoms with van der Waals surface area (Å²) in [5.41, 5.74) is -0.529. The average molecular weight is 279 g/mol. The number of hydrogen-bond donors (Lipinski definition) is 1. The number of rotatable bonds is 5. The van der Waals surface area contributed by atoms with Crippen LogP contribution < -0.4 is 0 Å². The van der Waals surface area contributed by atoms with Gasteiger partial charge in [-0.1, -0.05) is 6.92 Å². The molecule has 0 unspecified atom stereocenters. The Morgan fingerprint density at radius 1 is 1.40 bits per heavy atom. The van der Waals surface area contributed by atoms with Gasteiger partial charge in [-0.05, 0) is 55.6 Å². The number of carbonyl (C=O) groups is 1. The number of aliphatic carboxylic acids is 1.